The van der Waals surface area contributed by atoms with E-state index in [-0.39, 0.29) is 11.8 Å². The van der Waals surface area contributed by atoms with Crippen LogP contribution >= 0.6 is 0 Å². The van der Waals surface area contributed by atoms with Gasteiger partial charge in [0.05, 0.1) is 36.5 Å². The van der Waals surface area contributed by atoms with Crippen LogP contribution in [0.15, 0.2) is 30.3 Å². The number of carbonyl (C=O) groups excluding carboxylic acids is 1. The van der Waals surface area contributed by atoms with Crippen molar-refractivity contribution in [3.05, 3.63) is 36.0 Å². The van der Waals surface area contributed by atoms with Crippen LogP contribution in [0.25, 0.3) is 11.4 Å². The Kier molecular flexibility index (Phi) is 8.59. The van der Waals surface area contributed by atoms with Gasteiger partial charge in [-0.1, -0.05) is 0 Å². The first-order chi connectivity index (χ1) is 15.8. The summed E-state index contributed by atoms with van der Waals surface area (Å²) >= 11 is 0. The van der Waals surface area contributed by atoms with Gasteiger partial charge in [-0.15, -0.1) is 0 Å². The second kappa shape index (κ2) is 11.4. The monoisotopic (exact) mass is 477 g/mol. The lowest BCUT2D eigenvalue weighted by Crippen LogP contribution is -2.37. The summed E-state index contributed by atoms with van der Waals surface area (Å²) in [7, 11) is -1.76. The number of urea groups is 1. The molecule has 0 bridgehead atoms. The number of nitrogens with zero attached hydrogens (tertiary/aromatic N) is 3. The third-order valence-electron chi connectivity index (χ3n) is 5.16. The summed E-state index contributed by atoms with van der Waals surface area (Å²) < 4.78 is 35.4. The summed E-state index contributed by atoms with van der Waals surface area (Å²) in [4.78, 5) is 23.2. The first-order valence-corrected chi connectivity index (χ1v) is 12.6. The third kappa shape index (κ3) is 7.11. The summed E-state index contributed by atoms with van der Waals surface area (Å²) in [5, 5.41) is 4.94. The molecule has 1 aliphatic heterocycles. The van der Waals surface area contributed by atoms with Crippen molar-refractivity contribution < 1.29 is 22.7 Å². The largest absolute Gasteiger partial charge is 0.383 e. The van der Waals surface area contributed by atoms with Crippen LogP contribution in [0.4, 0.5) is 16.3 Å². The fourth-order valence-electron chi connectivity index (χ4n) is 3.16. The van der Waals surface area contributed by atoms with Gasteiger partial charge < -0.3 is 25.0 Å². The van der Waals surface area contributed by atoms with E-state index in [1.807, 2.05) is 0 Å². The Hall–Kier alpha value is -2.76. The molecule has 180 valence electrons. The maximum Gasteiger partial charge on any atom is 0.319 e. The van der Waals surface area contributed by atoms with Crippen LogP contribution in [-0.4, -0.2) is 76.2 Å². The van der Waals surface area contributed by atoms with E-state index in [0.717, 1.165) is 5.56 Å². The minimum absolute atomic E-state index is 0.154. The molecule has 3 rings (SSSR count). The van der Waals surface area contributed by atoms with Gasteiger partial charge in [-0.05, 0) is 38.1 Å². The number of aromatic nitrogens is 2. The number of nitrogens with one attached hydrogen (secondary N) is 2. The molecule has 0 aliphatic carbocycles. The zero-order chi connectivity index (χ0) is 23.8. The summed E-state index contributed by atoms with van der Waals surface area (Å²) in [6.07, 6.45) is 0. The Labute approximate surface area is 194 Å². The lowest BCUT2D eigenvalue weighted by Gasteiger charge is -2.28. The zero-order valence-corrected chi connectivity index (χ0v) is 20.0. The Morgan fingerprint density at radius 2 is 1.88 bits per heavy atom. The Balaban J connectivity index is 1.84. The van der Waals surface area contributed by atoms with Gasteiger partial charge in [-0.25, -0.2) is 23.2 Å². The maximum absolute atomic E-state index is 12.5. The van der Waals surface area contributed by atoms with Gasteiger partial charge in [0.1, 0.15) is 5.82 Å². The Morgan fingerprint density at radius 1 is 1.18 bits per heavy atom. The minimum atomic E-state index is -3.32. The summed E-state index contributed by atoms with van der Waals surface area (Å²) in [5.41, 5.74) is 1.79. The smallest absolute Gasteiger partial charge is 0.319 e. The van der Waals surface area contributed by atoms with Crippen LogP contribution in [-0.2, 0) is 25.1 Å². The number of amides is 2. The SMILES string of the molecule is COCCNC(=O)Nc1ccc(-c2nc(CS(=O)(=O)C(C)C)cc(N3CCOCC3)n2)cc1. The van der Waals surface area contributed by atoms with Gasteiger partial charge >= 0.3 is 6.03 Å². The van der Waals surface area contributed by atoms with Crippen LogP contribution in [0.2, 0.25) is 0 Å². The first-order valence-electron chi connectivity index (χ1n) is 10.8. The summed E-state index contributed by atoms with van der Waals surface area (Å²) in [6, 6.07) is 8.51. The highest BCUT2D eigenvalue weighted by atomic mass is 32.2. The number of morpholine rings is 1. The van der Waals surface area contributed by atoms with Gasteiger partial charge in [0.25, 0.3) is 0 Å². The van der Waals surface area contributed by atoms with E-state index < -0.39 is 15.1 Å². The molecule has 2 heterocycles. The highest BCUT2D eigenvalue weighted by molar-refractivity contribution is 7.91. The molecule has 2 aromatic rings. The number of anilines is 2. The van der Waals surface area contributed by atoms with Crippen molar-refractivity contribution in [3.63, 3.8) is 0 Å². The molecule has 2 N–H and O–H groups in total. The van der Waals surface area contributed by atoms with Crippen molar-refractivity contribution >= 4 is 27.4 Å². The number of benzene rings is 1. The molecule has 0 spiro atoms. The van der Waals surface area contributed by atoms with Crippen LogP contribution in [0, 0.1) is 0 Å². The molecule has 33 heavy (non-hydrogen) atoms. The average molecular weight is 478 g/mol. The molecule has 1 aromatic heterocycles. The summed E-state index contributed by atoms with van der Waals surface area (Å²) in [5.74, 6) is 0.958. The molecule has 1 aliphatic rings. The normalized spacial score (nSPS) is 14.4. The van der Waals surface area contributed by atoms with E-state index >= 15 is 0 Å². The number of sulfone groups is 1. The highest BCUT2D eigenvalue weighted by Gasteiger charge is 2.21. The number of carbonyl (C=O) groups is 1. The van der Waals surface area contributed by atoms with Gasteiger partial charge in [0, 0.05) is 44.1 Å². The topological polar surface area (TPSA) is 123 Å². The number of rotatable bonds is 9. The molecule has 1 fully saturated rings. The third-order valence-corrected chi connectivity index (χ3v) is 7.30. The Bertz CT molecular complexity index is 1040. The minimum Gasteiger partial charge on any atom is -0.383 e. The predicted octanol–water partition coefficient (Wildman–Crippen LogP) is 2.07. The molecule has 0 unspecified atom stereocenters. The van der Waals surface area contributed by atoms with Crippen molar-refractivity contribution in [1.82, 2.24) is 15.3 Å². The van der Waals surface area contributed by atoms with E-state index in [4.69, 9.17) is 14.5 Å². The van der Waals surface area contributed by atoms with Crippen LogP contribution in [0.5, 0.6) is 0 Å². The van der Waals surface area contributed by atoms with Crippen molar-refractivity contribution in [2.24, 2.45) is 0 Å². The fourth-order valence-corrected chi connectivity index (χ4v) is 4.05. The van der Waals surface area contributed by atoms with Gasteiger partial charge in [-0.3, -0.25) is 0 Å². The van der Waals surface area contributed by atoms with Crippen LogP contribution in [0.1, 0.15) is 19.5 Å². The molecule has 0 radical (unpaired) electrons. The van der Waals surface area contributed by atoms with Gasteiger partial charge in [0.15, 0.2) is 15.7 Å². The van der Waals surface area contributed by atoms with Crippen molar-refractivity contribution in [2.75, 3.05) is 56.8 Å². The van der Waals surface area contributed by atoms with Crippen LogP contribution in [0.3, 0.4) is 0 Å². The highest BCUT2D eigenvalue weighted by Crippen LogP contribution is 2.24. The van der Waals surface area contributed by atoms with Crippen molar-refractivity contribution in [2.45, 2.75) is 24.9 Å². The van der Waals surface area contributed by atoms with E-state index in [9.17, 15) is 13.2 Å². The lowest BCUT2D eigenvalue weighted by atomic mass is 10.2. The maximum atomic E-state index is 12.5. The number of methoxy groups -OCH3 is 1. The molecule has 0 saturated carbocycles. The van der Waals surface area contributed by atoms with Crippen LogP contribution < -0.4 is 15.5 Å². The molecule has 2 amide bonds. The second-order valence-corrected chi connectivity index (χ2v) is 10.5. The fraction of sp³-hybridized carbons (Fsp3) is 0.500. The molecule has 11 heteroatoms. The van der Waals surface area contributed by atoms with Gasteiger partial charge in [-0.2, -0.15) is 0 Å². The van der Waals surface area contributed by atoms with E-state index in [1.165, 1.54) is 0 Å². The van der Waals surface area contributed by atoms with Crippen molar-refractivity contribution in [3.8, 4) is 11.4 Å². The molecule has 0 atom stereocenters. The zero-order valence-electron chi connectivity index (χ0n) is 19.2. The molecular formula is C22H31N5O5S. The lowest BCUT2D eigenvalue weighted by molar-refractivity contribution is 0.122. The number of hydrogen-bond acceptors (Lipinski definition) is 8. The molecule has 1 saturated heterocycles. The first kappa shape index (κ1) is 24.9. The van der Waals surface area contributed by atoms with E-state index in [2.05, 4.69) is 20.5 Å². The molecular weight excluding hydrogens is 446 g/mol. The summed E-state index contributed by atoms with van der Waals surface area (Å²) in [6.45, 7) is 6.69. The second-order valence-electron chi connectivity index (χ2n) is 7.95. The van der Waals surface area contributed by atoms with Crippen molar-refractivity contribution in [1.29, 1.82) is 0 Å². The number of ether oxygens (including phenoxy) is 2. The molecule has 1 aromatic carbocycles. The predicted molar refractivity (Wildman–Crippen MR) is 127 cm³/mol. The molecule has 10 nitrogen and oxygen atoms in total. The van der Waals surface area contributed by atoms with Gasteiger partial charge in [0.2, 0.25) is 0 Å². The van der Waals surface area contributed by atoms with E-state index in [0.29, 0.717) is 62.5 Å². The Morgan fingerprint density at radius 3 is 2.52 bits per heavy atom. The average Bonchev–Trinajstić information content (AvgIpc) is 2.80. The van der Waals surface area contributed by atoms with E-state index in [1.54, 1.807) is 51.3 Å². The quantitative estimate of drug-likeness (QED) is 0.526. The standard InChI is InChI=1S/C22H31N5O5S/c1-16(2)33(29,30)15-19-14-20(27-9-12-32-13-10-27)26-21(24-19)17-4-6-18(7-5-17)25-22(28)23-8-11-31-3/h4-7,14,16H,8-13,15H2,1-3H3,(H2,23,25,28). The number of hydrogen-bond donors (Lipinski definition) is 2.